The zero-order chi connectivity index (χ0) is 14.8. The highest BCUT2D eigenvalue weighted by Crippen LogP contribution is 2.38. The van der Waals surface area contributed by atoms with Gasteiger partial charge in [-0.2, -0.15) is 0 Å². The van der Waals surface area contributed by atoms with E-state index in [1.54, 1.807) is 11.3 Å². The molecule has 3 aromatic rings. The molecule has 2 aromatic heterocycles. The lowest BCUT2D eigenvalue weighted by molar-refractivity contribution is 0.748. The van der Waals surface area contributed by atoms with E-state index in [2.05, 4.69) is 29.4 Å². The lowest BCUT2D eigenvalue weighted by Gasteiger charge is -2.04. The Morgan fingerprint density at radius 3 is 2.81 bits per heavy atom. The van der Waals surface area contributed by atoms with Gasteiger partial charge < -0.3 is 10.7 Å². The van der Waals surface area contributed by atoms with Gasteiger partial charge in [0.05, 0.1) is 21.1 Å². The van der Waals surface area contributed by atoms with Crippen LogP contribution in [0.1, 0.15) is 24.0 Å². The summed E-state index contributed by atoms with van der Waals surface area (Å²) in [6.45, 7) is 2.90. The minimum Gasteiger partial charge on any atom is -0.352 e. The topological polar surface area (TPSA) is 41.8 Å². The summed E-state index contributed by atoms with van der Waals surface area (Å²) in [5, 5.41) is 4.16. The molecule has 4 heteroatoms. The van der Waals surface area contributed by atoms with Gasteiger partial charge in [-0.05, 0) is 61.4 Å². The molecule has 1 aromatic carbocycles. The summed E-state index contributed by atoms with van der Waals surface area (Å²) in [6, 6.07) is 8.28. The van der Waals surface area contributed by atoms with Gasteiger partial charge in [0, 0.05) is 5.39 Å². The van der Waals surface area contributed by atoms with Gasteiger partial charge in [0.25, 0.3) is 0 Å². The first kappa shape index (κ1) is 14.6. The SMILES string of the molecule is Cc1ccsc1-c1[nH]c2c(Cl)cccc2c1CCCCN. The van der Waals surface area contributed by atoms with Crippen LogP contribution in [-0.4, -0.2) is 11.5 Å². The van der Waals surface area contributed by atoms with Crippen molar-refractivity contribution in [3.63, 3.8) is 0 Å². The Balaban J connectivity index is 2.15. The fourth-order valence-corrected chi connectivity index (χ4v) is 3.94. The number of rotatable bonds is 5. The van der Waals surface area contributed by atoms with Crippen molar-refractivity contribution in [3.05, 3.63) is 45.8 Å². The molecule has 0 radical (unpaired) electrons. The quantitative estimate of drug-likeness (QED) is 0.628. The number of hydrogen-bond acceptors (Lipinski definition) is 2. The summed E-state index contributed by atoms with van der Waals surface area (Å²) in [4.78, 5) is 4.86. The van der Waals surface area contributed by atoms with E-state index in [9.17, 15) is 0 Å². The summed E-state index contributed by atoms with van der Waals surface area (Å²) < 4.78 is 0. The third-order valence-electron chi connectivity index (χ3n) is 3.86. The van der Waals surface area contributed by atoms with Gasteiger partial charge >= 0.3 is 0 Å². The van der Waals surface area contributed by atoms with Crippen LogP contribution in [0.25, 0.3) is 21.5 Å². The molecule has 0 aliphatic heterocycles. The smallest absolute Gasteiger partial charge is 0.0651 e. The lowest BCUT2D eigenvalue weighted by Crippen LogP contribution is -1.99. The summed E-state index contributed by atoms with van der Waals surface area (Å²) in [5.74, 6) is 0. The minimum atomic E-state index is 0.747. The van der Waals surface area contributed by atoms with Crippen LogP contribution >= 0.6 is 22.9 Å². The van der Waals surface area contributed by atoms with Crippen LogP contribution in [0.3, 0.4) is 0 Å². The van der Waals surface area contributed by atoms with Crippen molar-refractivity contribution in [1.82, 2.24) is 4.98 Å². The first-order chi connectivity index (χ1) is 10.2. The molecule has 2 heterocycles. The molecule has 0 unspecified atom stereocenters. The van der Waals surface area contributed by atoms with Crippen LogP contribution in [0.2, 0.25) is 5.02 Å². The summed E-state index contributed by atoms with van der Waals surface area (Å²) >= 11 is 8.14. The number of halogens is 1. The Hall–Kier alpha value is -1.29. The zero-order valence-electron chi connectivity index (χ0n) is 12.1. The van der Waals surface area contributed by atoms with E-state index in [1.807, 2.05) is 12.1 Å². The van der Waals surface area contributed by atoms with E-state index >= 15 is 0 Å². The van der Waals surface area contributed by atoms with E-state index < -0.39 is 0 Å². The van der Waals surface area contributed by atoms with Gasteiger partial charge in [-0.3, -0.25) is 0 Å². The maximum atomic E-state index is 6.36. The second kappa shape index (κ2) is 6.22. The molecule has 0 aliphatic carbocycles. The number of aromatic amines is 1. The molecule has 0 saturated carbocycles. The monoisotopic (exact) mass is 318 g/mol. The highest BCUT2D eigenvalue weighted by atomic mass is 35.5. The van der Waals surface area contributed by atoms with E-state index in [0.717, 1.165) is 36.3 Å². The van der Waals surface area contributed by atoms with Crippen LogP contribution in [0.4, 0.5) is 0 Å². The fraction of sp³-hybridized carbons (Fsp3) is 0.294. The summed E-state index contributed by atoms with van der Waals surface area (Å²) in [6.07, 6.45) is 3.19. The van der Waals surface area contributed by atoms with Crippen LogP contribution in [0, 0.1) is 6.92 Å². The molecule has 3 N–H and O–H groups in total. The standard InChI is InChI=1S/C17H19ClN2S/c1-11-8-10-21-17(11)16-13(5-2-3-9-19)12-6-4-7-14(18)15(12)20-16/h4,6-8,10,20H,2-3,5,9,19H2,1H3. The largest absolute Gasteiger partial charge is 0.352 e. The number of nitrogens with two attached hydrogens (primary N) is 1. The first-order valence-corrected chi connectivity index (χ1v) is 8.51. The van der Waals surface area contributed by atoms with Crippen molar-refractivity contribution >= 4 is 33.8 Å². The highest BCUT2D eigenvalue weighted by molar-refractivity contribution is 7.13. The molecule has 110 valence electrons. The number of H-pyrrole nitrogens is 1. The molecule has 21 heavy (non-hydrogen) atoms. The maximum Gasteiger partial charge on any atom is 0.0651 e. The highest BCUT2D eigenvalue weighted by Gasteiger charge is 2.16. The molecule has 0 atom stereocenters. The summed E-state index contributed by atoms with van der Waals surface area (Å²) in [5.41, 5.74) is 10.6. The maximum absolute atomic E-state index is 6.36. The van der Waals surface area contributed by atoms with Crippen LogP contribution in [0.15, 0.2) is 29.6 Å². The number of thiophene rings is 1. The average molecular weight is 319 g/mol. The molecular weight excluding hydrogens is 300 g/mol. The van der Waals surface area contributed by atoms with Gasteiger partial charge in [-0.25, -0.2) is 0 Å². The van der Waals surface area contributed by atoms with Crippen molar-refractivity contribution in [2.75, 3.05) is 6.54 Å². The van der Waals surface area contributed by atoms with Crippen LogP contribution in [0.5, 0.6) is 0 Å². The van der Waals surface area contributed by atoms with Crippen LogP contribution in [-0.2, 0) is 6.42 Å². The molecule has 0 spiro atoms. The molecular formula is C17H19ClN2S. The molecule has 0 saturated heterocycles. The van der Waals surface area contributed by atoms with Crippen molar-refractivity contribution in [2.45, 2.75) is 26.2 Å². The number of nitrogens with one attached hydrogen (secondary N) is 1. The number of aryl methyl sites for hydroxylation is 2. The Morgan fingerprint density at radius 2 is 2.10 bits per heavy atom. The van der Waals surface area contributed by atoms with Gasteiger partial charge in [-0.15, -0.1) is 11.3 Å². The van der Waals surface area contributed by atoms with E-state index in [4.69, 9.17) is 17.3 Å². The predicted octanol–water partition coefficient (Wildman–Crippen LogP) is 5.14. The van der Waals surface area contributed by atoms with Crippen molar-refractivity contribution in [1.29, 1.82) is 0 Å². The number of aromatic nitrogens is 1. The Bertz CT molecular complexity index is 757. The Labute approximate surface area is 133 Å². The Morgan fingerprint density at radius 1 is 1.24 bits per heavy atom. The second-order valence-electron chi connectivity index (χ2n) is 5.32. The average Bonchev–Trinajstić information content (AvgIpc) is 3.04. The number of benzene rings is 1. The predicted molar refractivity (Wildman–Crippen MR) is 93.4 cm³/mol. The molecule has 3 rings (SSSR count). The molecule has 2 nitrogen and oxygen atoms in total. The van der Waals surface area contributed by atoms with E-state index in [0.29, 0.717) is 0 Å². The van der Waals surface area contributed by atoms with Gasteiger partial charge in [0.2, 0.25) is 0 Å². The fourth-order valence-electron chi connectivity index (χ4n) is 2.77. The number of hydrogen-bond donors (Lipinski definition) is 2. The molecule has 0 amide bonds. The second-order valence-corrected chi connectivity index (χ2v) is 6.64. The van der Waals surface area contributed by atoms with E-state index in [-0.39, 0.29) is 0 Å². The molecule has 0 aliphatic rings. The lowest BCUT2D eigenvalue weighted by atomic mass is 10.0. The van der Waals surface area contributed by atoms with Gasteiger partial charge in [-0.1, -0.05) is 23.7 Å². The third kappa shape index (κ3) is 2.73. The van der Waals surface area contributed by atoms with Crippen LogP contribution < -0.4 is 5.73 Å². The summed E-state index contributed by atoms with van der Waals surface area (Å²) in [7, 11) is 0. The van der Waals surface area contributed by atoms with Crippen molar-refractivity contribution in [2.24, 2.45) is 5.73 Å². The normalized spacial score (nSPS) is 11.4. The molecule has 0 bridgehead atoms. The number of fused-ring (bicyclic) bond motifs is 1. The number of unbranched alkanes of at least 4 members (excludes halogenated alkanes) is 1. The minimum absolute atomic E-state index is 0.747. The number of para-hydroxylation sites is 1. The van der Waals surface area contributed by atoms with E-state index in [1.165, 1.54) is 27.1 Å². The van der Waals surface area contributed by atoms with Crippen molar-refractivity contribution in [3.8, 4) is 10.6 Å². The Kier molecular flexibility index (Phi) is 4.34. The third-order valence-corrected chi connectivity index (χ3v) is 5.21. The zero-order valence-corrected chi connectivity index (χ0v) is 13.7. The van der Waals surface area contributed by atoms with Gasteiger partial charge in [0.1, 0.15) is 0 Å². The van der Waals surface area contributed by atoms with Gasteiger partial charge in [0.15, 0.2) is 0 Å². The first-order valence-electron chi connectivity index (χ1n) is 7.26. The molecule has 0 fully saturated rings. The van der Waals surface area contributed by atoms with Crippen molar-refractivity contribution < 1.29 is 0 Å².